The summed E-state index contributed by atoms with van der Waals surface area (Å²) in [4.78, 5) is 16.9. The van der Waals surface area contributed by atoms with Crippen molar-refractivity contribution in [3.8, 4) is 11.1 Å². The molecule has 2 aliphatic heterocycles. The normalized spacial score (nSPS) is 20.9. The topological polar surface area (TPSA) is 58.6 Å². The third-order valence-corrected chi connectivity index (χ3v) is 7.08. The van der Waals surface area contributed by atoms with Gasteiger partial charge in [0.2, 0.25) is 0 Å². The van der Waals surface area contributed by atoms with Crippen molar-refractivity contribution in [2.24, 2.45) is 5.92 Å². The maximum absolute atomic E-state index is 13.3. The number of aliphatic hydroxyl groups is 1. The first-order chi connectivity index (χ1) is 14.6. The molecule has 0 unspecified atom stereocenters. The molecule has 1 saturated heterocycles. The molecule has 4 heterocycles. The number of hydrogen-bond acceptors (Lipinski definition) is 5. The minimum absolute atomic E-state index is 0.0656. The molecular weight excluding hydrogens is 396 g/mol. The number of aromatic nitrogens is 1. The van der Waals surface area contributed by atoms with Crippen LogP contribution in [0.25, 0.3) is 11.1 Å². The van der Waals surface area contributed by atoms with Gasteiger partial charge in [-0.15, -0.1) is 11.8 Å². The van der Waals surface area contributed by atoms with E-state index in [1.807, 2.05) is 34.9 Å². The summed E-state index contributed by atoms with van der Waals surface area (Å²) in [5.74, 6) is 2.33. The van der Waals surface area contributed by atoms with Crippen molar-refractivity contribution in [2.75, 3.05) is 19.3 Å². The number of pyridine rings is 1. The van der Waals surface area contributed by atoms with E-state index < -0.39 is 0 Å². The van der Waals surface area contributed by atoms with E-state index in [0.29, 0.717) is 17.6 Å². The number of hydrogen-bond donors (Lipinski definition) is 1. The van der Waals surface area contributed by atoms with E-state index in [-0.39, 0.29) is 12.2 Å². The Morgan fingerprint density at radius 3 is 2.57 bits per heavy atom. The fraction of sp³-hybridized carbons (Fsp3) is 0.375. The number of furan rings is 1. The molecule has 2 aliphatic rings. The Hall–Kier alpha value is -2.28. The third kappa shape index (κ3) is 3.64. The van der Waals surface area contributed by atoms with Crippen molar-refractivity contribution in [2.45, 2.75) is 36.9 Å². The molecule has 30 heavy (non-hydrogen) atoms. The minimum atomic E-state index is -0.0656. The van der Waals surface area contributed by atoms with Gasteiger partial charge < -0.3 is 14.1 Å². The monoisotopic (exact) mass is 422 g/mol. The standard InChI is InChI=1S/C24H26N2O3S/c1-30-21-6-2-17(3-7-21)22-8-9-23-18-10-16(12-26(23)24(22)28)11-25(13-18)14-19-4-5-20(15-27)29-19/h2-9,16,18,27H,10-15H2,1H3/t16-,18+/m0/s1. The van der Waals surface area contributed by atoms with E-state index in [0.717, 1.165) is 55.2 Å². The summed E-state index contributed by atoms with van der Waals surface area (Å²) in [6, 6.07) is 16.2. The van der Waals surface area contributed by atoms with E-state index in [1.165, 1.54) is 4.90 Å². The largest absolute Gasteiger partial charge is 0.462 e. The maximum atomic E-state index is 13.3. The van der Waals surface area contributed by atoms with Crippen LogP contribution >= 0.6 is 11.8 Å². The Morgan fingerprint density at radius 2 is 1.83 bits per heavy atom. The fourth-order valence-electron chi connectivity index (χ4n) is 4.98. The first-order valence-corrected chi connectivity index (χ1v) is 11.7. The van der Waals surface area contributed by atoms with E-state index in [9.17, 15) is 9.90 Å². The van der Waals surface area contributed by atoms with Crippen molar-refractivity contribution < 1.29 is 9.52 Å². The van der Waals surface area contributed by atoms with E-state index in [1.54, 1.807) is 11.8 Å². The van der Waals surface area contributed by atoms with Gasteiger partial charge in [-0.1, -0.05) is 12.1 Å². The number of piperidine rings is 1. The molecule has 0 aliphatic carbocycles. The number of rotatable bonds is 5. The second-order valence-corrected chi connectivity index (χ2v) is 9.21. The maximum Gasteiger partial charge on any atom is 0.258 e. The number of thioether (sulfide) groups is 1. The van der Waals surface area contributed by atoms with Gasteiger partial charge >= 0.3 is 0 Å². The summed E-state index contributed by atoms with van der Waals surface area (Å²) in [6.07, 6.45) is 3.19. The van der Waals surface area contributed by atoms with Crippen LogP contribution in [0.3, 0.4) is 0 Å². The Balaban J connectivity index is 1.39. The van der Waals surface area contributed by atoms with E-state index in [2.05, 4.69) is 29.4 Å². The van der Waals surface area contributed by atoms with Gasteiger partial charge in [0, 0.05) is 41.7 Å². The van der Waals surface area contributed by atoms with Gasteiger partial charge in [0.1, 0.15) is 18.1 Å². The Bertz CT molecular complexity index is 1100. The molecule has 2 bridgehead atoms. The lowest BCUT2D eigenvalue weighted by Gasteiger charge is -2.42. The summed E-state index contributed by atoms with van der Waals surface area (Å²) in [7, 11) is 0. The summed E-state index contributed by atoms with van der Waals surface area (Å²) in [5.41, 5.74) is 3.06. The molecule has 5 rings (SSSR count). The Morgan fingerprint density at radius 1 is 1.03 bits per heavy atom. The predicted molar refractivity (Wildman–Crippen MR) is 119 cm³/mol. The highest BCUT2D eigenvalue weighted by Crippen LogP contribution is 2.36. The molecule has 0 saturated carbocycles. The van der Waals surface area contributed by atoms with Crippen LogP contribution in [0.5, 0.6) is 0 Å². The van der Waals surface area contributed by atoms with Crippen molar-refractivity contribution >= 4 is 11.8 Å². The lowest BCUT2D eigenvalue weighted by Crippen LogP contribution is -2.46. The molecule has 2 atom stereocenters. The van der Waals surface area contributed by atoms with Gasteiger partial charge in [0.05, 0.1) is 6.54 Å². The molecule has 3 aromatic rings. The highest BCUT2D eigenvalue weighted by atomic mass is 32.2. The average Bonchev–Trinajstić information content (AvgIpc) is 3.22. The fourth-order valence-corrected chi connectivity index (χ4v) is 5.39. The smallest absolute Gasteiger partial charge is 0.258 e. The lowest BCUT2D eigenvalue weighted by atomic mass is 9.82. The van der Waals surface area contributed by atoms with Crippen LogP contribution in [0.4, 0.5) is 0 Å². The molecule has 1 aromatic carbocycles. The molecule has 5 nitrogen and oxygen atoms in total. The van der Waals surface area contributed by atoms with Crippen LogP contribution in [-0.2, 0) is 19.7 Å². The van der Waals surface area contributed by atoms with Crippen LogP contribution in [-0.4, -0.2) is 33.9 Å². The van der Waals surface area contributed by atoms with E-state index in [4.69, 9.17) is 4.42 Å². The van der Waals surface area contributed by atoms with Gasteiger partial charge in [-0.25, -0.2) is 0 Å². The summed E-state index contributed by atoms with van der Waals surface area (Å²) < 4.78 is 7.70. The quantitative estimate of drug-likeness (QED) is 0.631. The third-order valence-electron chi connectivity index (χ3n) is 6.33. The second kappa shape index (κ2) is 8.10. The molecule has 156 valence electrons. The highest BCUT2D eigenvalue weighted by molar-refractivity contribution is 7.98. The highest BCUT2D eigenvalue weighted by Gasteiger charge is 2.35. The van der Waals surface area contributed by atoms with Crippen LogP contribution in [0.1, 0.15) is 29.6 Å². The lowest BCUT2D eigenvalue weighted by molar-refractivity contribution is 0.106. The van der Waals surface area contributed by atoms with Gasteiger partial charge in [0.15, 0.2) is 0 Å². The van der Waals surface area contributed by atoms with Gasteiger partial charge in [-0.3, -0.25) is 9.69 Å². The van der Waals surface area contributed by atoms with Crippen molar-refractivity contribution in [3.63, 3.8) is 0 Å². The predicted octanol–water partition coefficient (Wildman–Crippen LogP) is 3.94. The zero-order chi connectivity index (χ0) is 20.7. The van der Waals surface area contributed by atoms with Crippen LogP contribution in [0.15, 0.2) is 62.6 Å². The molecule has 0 radical (unpaired) electrons. The number of likely N-dealkylation sites (tertiary alicyclic amines) is 1. The Labute approximate surface area is 180 Å². The SMILES string of the molecule is CSc1ccc(-c2ccc3n(c2=O)C[C@H]2C[C@@H]3CN(Cc3ccc(CO)o3)C2)cc1. The van der Waals surface area contributed by atoms with Crippen LogP contribution in [0.2, 0.25) is 0 Å². The van der Waals surface area contributed by atoms with Crippen LogP contribution < -0.4 is 5.56 Å². The van der Waals surface area contributed by atoms with E-state index >= 15 is 0 Å². The molecule has 0 spiro atoms. The molecule has 6 heteroatoms. The summed E-state index contributed by atoms with van der Waals surface area (Å²) in [5, 5.41) is 9.21. The molecule has 0 amide bonds. The van der Waals surface area contributed by atoms with Crippen molar-refractivity contribution in [3.05, 3.63) is 76.1 Å². The van der Waals surface area contributed by atoms with Crippen molar-refractivity contribution in [1.82, 2.24) is 9.47 Å². The molecular formula is C24H26N2O3S. The average molecular weight is 423 g/mol. The minimum Gasteiger partial charge on any atom is -0.462 e. The molecule has 1 N–H and O–H groups in total. The van der Waals surface area contributed by atoms with Gasteiger partial charge in [0.25, 0.3) is 5.56 Å². The first-order valence-electron chi connectivity index (χ1n) is 10.4. The number of benzene rings is 1. The second-order valence-electron chi connectivity index (χ2n) is 8.34. The Kier molecular flexibility index (Phi) is 5.31. The first kappa shape index (κ1) is 19.7. The summed E-state index contributed by atoms with van der Waals surface area (Å²) in [6.45, 7) is 3.34. The van der Waals surface area contributed by atoms with Crippen molar-refractivity contribution in [1.29, 1.82) is 0 Å². The summed E-state index contributed by atoms with van der Waals surface area (Å²) >= 11 is 1.71. The van der Waals surface area contributed by atoms with Crippen LogP contribution in [0, 0.1) is 5.92 Å². The number of fused-ring (bicyclic) bond motifs is 4. The zero-order valence-corrected chi connectivity index (χ0v) is 17.9. The number of nitrogens with zero attached hydrogens (tertiary/aromatic N) is 2. The van der Waals surface area contributed by atoms with Gasteiger partial charge in [-0.05, 0) is 60.6 Å². The molecule has 2 aromatic heterocycles. The zero-order valence-electron chi connectivity index (χ0n) is 17.1. The van der Waals surface area contributed by atoms with Gasteiger partial charge in [-0.2, -0.15) is 0 Å². The number of aliphatic hydroxyl groups excluding tert-OH is 1. The molecule has 1 fully saturated rings.